The third kappa shape index (κ3) is 3.38. The fourth-order valence-electron chi connectivity index (χ4n) is 4.35. The van der Waals surface area contributed by atoms with Crippen LogP contribution in [0.25, 0.3) is 11.3 Å². The molecular formula is C21H22ClN5O. The largest absolute Gasteiger partial charge is 0.448 e. The molecule has 2 unspecified atom stereocenters. The van der Waals surface area contributed by atoms with Crippen LogP contribution in [0.4, 0.5) is 5.82 Å². The fraction of sp³-hybridized carbons (Fsp3) is 0.381. The highest BCUT2D eigenvalue weighted by Crippen LogP contribution is 2.34. The van der Waals surface area contributed by atoms with Gasteiger partial charge in [-0.1, -0.05) is 23.7 Å². The van der Waals surface area contributed by atoms with E-state index in [1.165, 1.54) is 6.39 Å². The summed E-state index contributed by atoms with van der Waals surface area (Å²) in [5.41, 5.74) is 2.95. The zero-order valence-corrected chi connectivity index (χ0v) is 16.5. The van der Waals surface area contributed by atoms with Gasteiger partial charge in [-0.15, -0.1) is 0 Å². The highest BCUT2D eigenvalue weighted by Gasteiger charge is 2.40. The number of hydrogen-bond acceptors (Lipinski definition) is 6. The summed E-state index contributed by atoms with van der Waals surface area (Å²) in [6, 6.07) is 7.69. The molecule has 7 heteroatoms. The smallest absolute Gasteiger partial charge is 0.181 e. The second-order valence-corrected chi connectivity index (χ2v) is 8.18. The van der Waals surface area contributed by atoms with E-state index in [0.29, 0.717) is 11.8 Å². The van der Waals surface area contributed by atoms with Crippen molar-refractivity contribution in [3.8, 4) is 11.3 Å². The zero-order chi connectivity index (χ0) is 19.1. The highest BCUT2D eigenvalue weighted by atomic mass is 35.5. The molecule has 0 aliphatic carbocycles. The normalized spacial score (nSPS) is 22.0. The summed E-state index contributed by atoms with van der Waals surface area (Å²) in [6.07, 6.45) is 5.28. The molecule has 0 N–H and O–H groups in total. The van der Waals surface area contributed by atoms with E-state index in [2.05, 4.69) is 24.8 Å². The van der Waals surface area contributed by atoms with E-state index in [0.717, 1.165) is 66.3 Å². The van der Waals surface area contributed by atoms with Gasteiger partial charge in [0.25, 0.3) is 0 Å². The first-order valence-electron chi connectivity index (χ1n) is 9.60. The molecule has 0 bridgehead atoms. The summed E-state index contributed by atoms with van der Waals surface area (Å²) < 4.78 is 5.32. The third-order valence-corrected chi connectivity index (χ3v) is 6.13. The first-order chi connectivity index (χ1) is 13.7. The number of rotatable bonds is 4. The van der Waals surface area contributed by atoms with E-state index in [4.69, 9.17) is 16.0 Å². The molecule has 2 aliphatic heterocycles. The lowest BCUT2D eigenvalue weighted by molar-refractivity contribution is 0.303. The third-order valence-electron chi connectivity index (χ3n) is 5.88. The van der Waals surface area contributed by atoms with Crippen LogP contribution < -0.4 is 4.90 Å². The first kappa shape index (κ1) is 17.6. The Morgan fingerprint density at radius 3 is 2.36 bits per heavy atom. The lowest BCUT2D eigenvalue weighted by Crippen LogP contribution is -2.29. The summed E-state index contributed by atoms with van der Waals surface area (Å²) in [4.78, 5) is 18.5. The monoisotopic (exact) mass is 395 g/mol. The van der Waals surface area contributed by atoms with Gasteiger partial charge in [0.15, 0.2) is 6.39 Å². The van der Waals surface area contributed by atoms with Gasteiger partial charge in [0.1, 0.15) is 11.6 Å². The first-order valence-corrected chi connectivity index (χ1v) is 9.98. The van der Waals surface area contributed by atoms with Gasteiger partial charge in [0.2, 0.25) is 0 Å². The summed E-state index contributed by atoms with van der Waals surface area (Å²) >= 11 is 5.96. The van der Waals surface area contributed by atoms with Gasteiger partial charge in [-0.05, 0) is 30.9 Å². The second kappa shape index (κ2) is 7.18. The molecule has 2 aliphatic rings. The molecule has 0 spiro atoms. The number of fused-ring (bicyclic) bond motifs is 1. The van der Waals surface area contributed by atoms with Crippen molar-refractivity contribution in [1.29, 1.82) is 0 Å². The predicted molar refractivity (Wildman–Crippen MR) is 108 cm³/mol. The highest BCUT2D eigenvalue weighted by molar-refractivity contribution is 6.30. The fourth-order valence-corrected chi connectivity index (χ4v) is 4.48. The van der Waals surface area contributed by atoms with E-state index < -0.39 is 0 Å². The number of hydrogen-bond donors (Lipinski definition) is 0. The molecule has 2 saturated heterocycles. The maximum atomic E-state index is 5.96. The number of halogens is 1. The molecule has 1 aromatic carbocycles. The Morgan fingerprint density at radius 1 is 1.00 bits per heavy atom. The topological polar surface area (TPSA) is 58.3 Å². The van der Waals surface area contributed by atoms with Crippen LogP contribution in [0.5, 0.6) is 0 Å². The van der Waals surface area contributed by atoms with Crippen molar-refractivity contribution in [1.82, 2.24) is 19.9 Å². The van der Waals surface area contributed by atoms with Crippen molar-refractivity contribution >= 4 is 17.4 Å². The Bertz CT molecular complexity index is 942. The van der Waals surface area contributed by atoms with Crippen LogP contribution in [0.3, 0.4) is 0 Å². The van der Waals surface area contributed by atoms with Crippen LogP contribution in [0.15, 0.2) is 47.5 Å². The molecule has 0 radical (unpaired) electrons. The molecule has 2 atom stereocenters. The molecule has 6 nitrogen and oxygen atoms in total. The minimum atomic E-state index is 0.671. The van der Waals surface area contributed by atoms with Crippen LogP contribution in [0, 0.1) is 18.8 Å². The van der Waals surface area contributed by atoms with Crippen LogP contribution in [0.2, 0.25) is 5.02 Å². The van der Waals surface area contributed by atoms with Gasteiger partial charge in [-0.2, -0.15) is 0 Å². The van der Waals surface area contributed by atoms with Crippen LogP contribution in [-0.2, 0) is 6.54 Å². The Kier molecular flexibility index (Phi) is 4.53. The number of benzene rings is 1. The van der Waals surface area contributed by atoms with Crippen LogP contribution >= 0.6 is 11.6 Å². The standard InChI is InChI=1S/C21H22ClN5O/c1-14-20(25-13-28-14)12-26-8-16-10-27(11-17(16)9-26)21-7-23-19(6-24-21)15-2-4-18(22)5-3-15/h2-7,13,16-17H,8-12H2,1H3. The number of anilines is 1. The SMILES string of the molecule is Cc1ocnc1CN1CC2CN(c3cnc(-c4ccc(Cl)cc4)cn3)CC2C1. The summed E-state index contributed by atoms with van der Waals surface area (Å²) in [5, 5.41) is 0.727. The van der Waals surface area contributed by atoms with Crippen LogP contribution in [-0.4, -0.2) is 46.0 Å². The molecule has 144 valence electrons. The Hall–Kier alpha value is -2.44. The number of aromatic nitrogens is 3. The number of aryl methyl sites for hydroxylation is 1. The maximum absolute atomic E-state index is 5.96. The van der Waals surface area contributed by atoms with Crippen LogP contribution in [0.1, 0.15) is 11.5 Å². The second-order valence-electron chi connectivity index (χ2n) is 7.74. The number of nitrogens with zero attached hydrogens (tertiary/aromatic N) is 5. The zero-order valence-electron chi connectivity index (χ0n) is 15.8. The van der Waals surface area contributed by atoms with Gasteiger partial charge in [0.05, 0.1) is 23.8 Å². The maximum Gasteiger partial charge on any atom is 0.181 e. The van der Waals surface area contributed by atoms with Crippen molar-refractivity contribution in [2.45, 2.75) is 13.5 Å². The molecule has 3 aromatic rings. The van der Waals surface area contributed by atoms with Crippen molar-refractivity contribution in [3.63, 3.8) is 0 Å². The van der Waals surface area contributed by atoms with Crippen molar-refractivity contribution in [2.75, 3.05) is 31.1 Å². The Morgan fingerprint density at radius 2 is 1.75 bits per heavy atom. The van der Waals surface area contributed by atoms with Gasteiger partial charge in [-0.3, -0.25) is 9.88 Å². The Balaban J connectivity index is 1.22. The van der Waals surface area contributed by atoms with E-state index in [9.17, 15) is 0 Å². The minimum Gasteiger partial charge on any atom is -0.448 e. The van der Waals surface area contributed by atoms with Gasteiger partial charge >= 0.3 is 0 Å². The molecule has 4 heterocycles. The molecule has 5 rings (SSSR count). The van der Waals surface area contributed by atoms with E-state index in [-0.39, 0.29) is 0 Å². The molecule has 0 amide bonds. The lowest BCUT2D eigenvalue weighted by Gasteiger charge is -2.21. The molecule has 2 fully saturated rings. The molecule has 0 saturated carbocycles. The van der Waals surface area contributed by atoms with E-state index in [1.54, 1.807) is 0 Å². The molecule has 2 aromatic heterocycles. The van der Waals surface area contributed by atoms with E-state index in [1.807, 2.05) is 43.6 Å². The summed E-state index contributed by atoms with van der Waals surface area (Å²) in [7, 11) is 0. The predicted octanol–water partition coefficient (Wildman–Crippen LogP) is 3.66. The van der Waals surface area contributed by atoms with Crippen molar-refractivity contribution in [2.24, 2.45) is 11.8 Å². The van der Waals surface area contributed by atoms with Gasteiger partial charge in [-0.25, -0.2) is 9.97 Å². The quantitative estimate of drug-likeness (QED) is 0.671. The molecular weight excluding hydrogens is 374 g/mol. The summed E-state index contributed by atoms with van der Waals surface area (Å²) in [6.45, 7) is 7.13. The van der Waals surface area contributed by atoms with E-state index >= 15 is 0 Å². The summed E-state index contributed by atoms with van der Waals surface area (Å²) in [5.74, 6) is 3.23. The number of likely N-dealkylation sites (tertiary alicyclic amines) is 1. The minimum absolute atomic E-state index is 0.671. The van der Waals surface area contributed by atoms with Gasteiger partial charge in [0, 0.05) is 43.3 Å². The average Bonchev–Trinajstić information content (AvgIpc) is 3.38. The average molecular weight is 396 g/mol. The molecule has 28 heavy (non-hydrogen) atoms. The Labute approximate surface area is 169 Å². The van der Waals surface area contributed by atoms with Crippen molar-refractivity contribution in [3.05, 3.63) is 59.5 Å². The lowest BCUT2D eigenvalue weighted by atomic mass is 10.0. The van der Waals surface area contributed by atoms with Gasteiger partial charge < -0.3 is 9.32 Å². The van der Waals surface area contributed by atoms with Crippen molar-refractivity contribution < 1.29 is 4.42 Å². The number of oxazole rings is 1.